The fourth-order valence-corrected chi connectivity index (χ4v) is 9.25. The van der Waals surface area contributed by atoms with Crippen molar-refractivity contribution in [1.82, 2.24) is 0 Å². The van der Waals surface area contributed by atoms with Crippen LogP contribution in [0.1, 0.15) is 11.1 Å². The van der Waals surface area contributed by atoms with E-state index in [0.717, 1.165) is 0 Å². The second-order valence-electron chi connectivity index (χ2n) is 10.7. The Morgan fingerprint density at radius 1 is 0.486 bits per heavy atom. The van der Waals surface area contributed by atoms with Gasteiger partial charge in [-0.3, -0.25) is 0 Å². The summed E-state index contributed by atoms with van der Waals surface area (Å²) in [4.78, 5) is 3.03. The van der Waals surface area contributed by atoms with Crippen LogP contribution >= 0.6 is 10.0 Å². The first-order chi connectivity index (χ1) is 17.9. The minimum absolute atomic E-state index is 1.21. The van der Waals surface area contributed by atoms with Crippen LogP contribution in [-0.2, 0) is 0 Å². The zero-order chi connectivity index (χ0) is 25.3. The topological polar surface area (TPSA) is 0 Å². The maximum absolute atomic E-state index is 2.48. The zero-order valence-electron chi connectivity index (χ0n) is 21.8. The van der Waals surface area contributed by atoms with Crippen molar-refractivity contribution in [3.63, 3.8) is 0 Å². The van der Waals surface area contributed by atoms with E-state index in [4.69, 9.17) is 0 Å². The lowest BCUT2D eigenvalue weighted by molar-refractivity contribution is 1.46. The van der Waals surface area contributed by atoms with Crippen LogP contribution in [-0.4, -0.2) is 12.5 Å². The number of hydrogen-bond donors (Lipinski definition) is 0. The number of fused-ring (bicyclic) bond motifs is 6. The van der Waals surface area contributed by atoms with Crippen LogP contribution in [0.15, 0.2) is 119 Å². The monoisotopic (exact) mass is 494 g/mol. The first-order valence-corrected chi connectivity index (χ1v) is 15.4. The summed E-state index contributed by atoms with van der Waals surface area (Å²) in [5.41, 5.74) is 10.7. The first-order valence-electron chi connectivity index (χ1n) is 12.9. The molecule has 0 fully saturated rings. The molecule has 0 amide bonds. The van der Waals surface area contributed by atoms with Crippen LogP contribution in [0, 0.1) is 13.8 Å². The van der Waals surface area contributed by atoms with Crippen molar-refractivity contribution in [3.05, 3.63) is 120 Å². The molecule has 1 heteroatoms. The van der Waals surface area contributed by atoms with Gasteiger partial charge in [0.25, 0.3) is 0 Å². The SMILES string of the molecule is Cc1cccc(-c2c3ccccc3c(-c3cccc(C)c3)c3c4c(ccc23)-c2ccccc2S4(C)C)c1. The van der Waals surface area contributed by atoms with Gasteiger partial charge in [0, 0.05) is 15.2 Å². The van der Waals surface area contributed by atoms with Crippen molar-refractivity contribution in [3.8, 4) is 33.4 Å². The molecule has 1 heterocycles. The average molecular weight is 495 g/mol. The van der Waals surface area contributed by atoms with Crippen molar-refractivity contribution in [2.45, 2.75) is 23.6 Å². The van der Waals surface area contributed by atoms with E-state index in [1.54, 1.807) is 0 Å². The zero-order valence-corrected chi connectivity index (χ0v) is 22.6. The quantitative estimate of drug-likeness (QED) is 0.210. The molecule has 0 spiro atoms. The molecule has 0 aromatic heterocycles. The van der Waals surface area contributed by atoms with Gasteiger partial charge in [-0.1, -0.05) is 114 Å². The van der Waals surface area contributed by atoms with Gasteiger partial charge >= 0.3 is 0 Å². The molecule has 0 bridgehead atoms. The van der Waals surface area contributed by atoms with Gasteiger partial charge in [-0.25, -0.2) is 0 Å². The normalized spacial score (nSPS) is 14.5. The first kappa shape index (κ1) is 22.4. The summed E-state index contributed by atoms with van der Waals surface area (Å²) in [6.07, 6.45) is 4.97. The maximum atomic E-state index is 2.48. The second-order valence-corrected chi connectivity index (χ2v) is 14.2. The third kappa shape index (κ3) is 3.24. The Bertz CT molecular complexity index is 1870. The van der Waals surface area contributed by atoms with E-state index in [1.807, 2.05) is 0 Å². The number of aryl methyl sites for hydroxylation is 2. The molecule has 1 aliphatic heterocycles. The molecular weight excluding hydrogens is 464 g/mol. The molecule has 180 valence electrons. The number of benzene rings is 6. The molecule has 7 rings (SSSR count). The highest BCUT2D eigenvalue weighted by Gasteiger charge is 2.35. The molecule has 0 atom stereocenters. The van der Waals surface area contributed by atoms with Crippen LogP contribution in [0.3, 0.4) is 0 Å². The highest BCUT2D eigenvalue weighted by atomic mass is 32.3. The van der Waals surface area contributed by atoms with Crippen LogP contribution in [0.5, 0.6) is 0 Å². The molecular formula is C36H30S. The molecule has 0 N–H and O–H groups in total. The Balaban J connectivity index is 1.76. The van der Waals surface area contributed by atoms with Gasteiger partial charge in [-0.15, -0.1) is 0 Å². The third-order valence-corrected chi connectivity index (χ3v) is 10.9. The van der Waals surface area contributed by atoms with E-state index in [-0.39, 0.29) is 0 Å². The van der Waals surface area contributed by atoms with E-state index in [9.17, 15) is 0 Å². The van der Waals surface area contributed by atoms with E-state index in [2.05, 4.69) is 136 Å². The molecule has 6 aromatic carbocycles. The third-order valence-electron chi connectivity index (χ3n) is 7.99. The fraction of sp³-hybridized carbons (Fsp3) is 0.111. The molecule has 0 radical (unpaired) electrons. The minimum Gasteiger partial charge on any atom is -0.192 e. The summed E-state index contributed by atoms with van der Waals surface area (Å²) in [5, 5.41) is 5.43. The van der Waals surface area contributed by atoms with Gasteiger partial charge in [0.2, 0.25) is 0 Å². The lowest BCUT2D eigenvalue weighted by Gasteiger charge is -2.31. The summed E-state index contributed by atoms with van der Waals surface area (Å²) in [5.74, 6) is 0. The molecule has 0 saturated heterocycles. The smallest absolute Gasteiger partial charge is 0.0101 e. The van der Waals surface area contributed by atoms with E-state index in [0.29, 0.717) is 0 Å². The van der Waals surface area contributed by atoms with Gasteiger partial charge in [-0.05, 0) is 82.0 Å². The Kier molecular flexibility index (Phi) is 4.90. The van der Waals surface area contributed by atoms with Gasteiger partial charge in [-0.2, -0.15) is 10.0 Å². The molecule has 0 aliphatic carbocycles. The Labute approximate surface area is 220 Å². The summed E-state index contributed by atoms with van der Waals surface area (Å²) < 4.78 is 0. The van der Waals surface area contributed by atoms with Crippen molar-refractivity contribution < 1.29 is 0 Å². The molecule has 1 aliphatic rings. The number of rotatable bonds is 2. The van der Waals surface area contributed by atoms with Crippen molar-refractivity contribution in [1.29, 1.82) is 0 Å². The van der Waals surface area contributed by atoms with E-state index in [1.165, 1.54) is 75.8 Å². The molecule has 0 unspecified atom stereocenters. The van der Waals surface area contributed by atoms with Crippen LogP contribution in [0.2, 0.25) is 0 Å². The minimum atomic E-state index is -1.21. The van der Waals surface area contributed by atoms with Crippen molar-refractivity contribution in [2.24, 2.45) is 0 Å². The van der Waals surface area contributed by atoms with Crippen LogP contribution < -0.4 is 0 Å². The highest BCUT2D eigenvalue weighted by Crippen LogP contribution is 2.70. The molecule has 0 nitrogen and oxygen atoms in total. The van der Waals surface area contributed by atoms with Crippen molar-refractivity contribution in [2.75, 3.05) is 12.5 Å². The largest absolute Gasteiger partial charge is 0.192 e. The molecule has 0 saturated carbocycles. The molecule has 37 heavy (non-hydrogen) atoms. The Hall–Kier alpha value is -3.81. The second kappa shape index (κ2) is 8.10. The van der Waals surface area contributed by atoms with Crippen LogP contribution in [0.25, 0.3) is 54.9 Å². The standard InChI is InChI=1S/C36H30S/c1-23-11-9-13-25(21-23)33-28-16-5-6-17-29(28)34(26-14-10-12-24(2)22-26)35-31(33)20-19-30-27-15-7-8-18-32(27)37(3,4)36(30)35/h5-22H,1-4H3. The lowest BCUT2D eigenvalue weighted by atomic mass is 9.84. The summed E-state index contributed by atoms with van der Waals surface area (Å²) in [7, 11) is -1.21. The molecule has 6 aromatic rings. The fourth-order valence-electron chi connectivity index (χ4n) is 6.44. The Morgan fingerprint density at radius 3 is 1.76 bits per heavy atom. The summed E-state index contributed by atoms with van der Waals surface area (Å²) in [6.45, 7) is 4.39. The van der Waals surface area contributed by atoms with Crippen molar-refractivity contribution >= 4 is 31.6 Å². The summed E-state index contributed by atoms with van der Waals surface area (Å²) in [6, 6.07) is 40.9. The van der Waals surface area contributed by atoms with Gasteiger partial charge in [0.1, 0.15) is 0 Å². The maximum Gasteiger partial charge on any atom is 0.0101 e. The predicted molar refractivity (Wildman–Crippen MR) is 163 cm³/mol. The van der Waals surface area contributed by atoms with E-state index >= 15 is 0 Å². The van der Waals surface area contributed by atoms with Crippen LogP contribution in [0.4, 0.5) is 0 Å². The highest BCUT2D eigenvalue weighted by molar-refractivity contribution is 8.33. The van der Waals surface area contributed by atoms with Gasteiger partial charge < -0.3 is 0 Å². The van der Waals surface area contributed by atoms with Gasteiger partial charge in [0.15, 0.2) is 0 Å². The average Bonchev–Trinajstić information content (AvgIpc) is 3.14. The number of hydrogen-bond acceptors (Lipinski definition) is 0. The van der Waals surface area contributed by atoms with Gasteiger partial charge in [0.05, 0.1) is 0 Å². The predicted octanol–water partition coefficient (Wildman–Crippen LogP) is 10.4. The lowest BCUT2D eigenvalue weighted by Crippen LogP contribution is -1.98. The van der Waals surface area contributed by atoms with E-state index < -0.39 is 10.0 Å². The summed E-state index contributed by atoms with van der Waals surface area (Å²) >= 11 is 0. The Morgan fingerprint density at radius 2 is 1.08 bits per heavy atom.